The lowest BCUT2D eigenvalue weighted by molar-refractivity contribution is 0.944. The van der Waals surface area contributed by atoms with E-state index in [1.165, 1.54) is 17.7 Å². The van der Waals surface area contributed by atoms with Gasteiger partial charge < -0.3 is 16.4 Å². The summed E-state index contributed by atoms with van der Waals surface area (Å²) in [5.41, 5.74) is 7.62. The number of nitrogens with zero attached hydrogens (tertiary/aromatic N) is 6. The van der Waals surface area contributed by atoms with Gasteiger partial charge in [-0.3, -0.25) is 0 Å². The van der Waals surface area contributed by atoms with Gasteiger partial charge in [-0.2, -0.15) is 10.4 Å². The van der Waals surface area contributed by atoms with Crippen LogP contribution in [-0.2, 0) is 0 Å². The van der Waals surface area contributed by atoms with Gasteiger partial charge in [0.05, 0.1) is 16.9 Å². The van der Waals surface area contributed by atoms with Crippen LogP contribution in [0.2, 0.25) is 10.0 Å². The highest BCUT2D eigenvalue weighted by molar-refractivity contribution is 7.16. The molecule has 9 nitrogen and oxygen atoms in total. The molecule has 0 bridgehead atoms. The van der Waals surface area contributed by atoms with Crippen molar-refractivity contribution in [1.82, 2.24) is 24.6 Å². The number of nitrogens with two attached hydrogens (primary N) is 1. The number of halogens is 2. The third-order valence-corrected chi connectivity index (χ3v) is 5.40. The first-order chi connectivity index (χ1) is 14.0. The number of nitrogen functional groups attached to an aromatic ring is 1. The second-order valence-corrected chi connectivity index (χ2v) is 7.67. The number of nitrogens with one attached hydrogen (secondary N) is 2. The first kappa shape index (κ1) is 19.2. The van der Waals surface area contributed by atoms with Gasteiger partial charge in [-0.05, 0) is 18.2 Å². The third-order valence-electron chi connectivity index (χ3n) is 3.92. The van der Waals surface area contributed by atoms with E-state index in [1.807, 2.05) is 6.07 Å². The monoisotopic (exact) mass is 445 g/mol. The van der Waals surface area contributed by atoms with E-state index in [0.29, 0.717) is 50.3 Å². The summed E-state index contributed by atoms with van der Waals surface area (Å²) in [6, 6.07) is 7.23. The van der Waals surface area contributed by atoms with Crippen molar-refractivity contribution in [2.45, 2.75) is 0 Å². The van der Waals surface area contributed by atoms with E-state index in [4.69, 9.17) is 34.2 Å². The van der Waals surface area contributed by atoms with E-state index in [2.05, 4.69) is 30.7 Å². The molecule has 0 radical (unpaired) electrons. The Bertz CT molecular complexity index is 1230. The first-order valence-corrected chi connectivity index (χ1v) is 9.92. The van der Waals surface area contributed by atoms with Gasteiger partial charge >= 0.3 is 0 Å². The molecule has 4 rings (SSSR count). The molecule has 0 amide bonds. The maximum atomic E-state index is 8.95. The Morgan fingerprint density at radius 3 is 2.79 bits per heavy atom. The zero-order valence-electron chi connectivity index (χ0n) is 14.7. The Balaban J connectivity index is 1.52. The highest BCUT2D eigenvalue weighted by Gasteiger charge is 2.13. The number of hydrogen-bond acceptors (Lipinski definition) is 9. The minimum Gasteiger partial charge on any atom is -0.382 e. The van der Waals surface area contributed by atoms with Gasteiger partial charge in [-0.25, -0.2) is 19.5 Å². The molecule has 3 aromatic heterocycles. The molecule has 0 unspecified atom stereocenters. The number of aromatic nitrogens is 5. The van der Waals surface area contributed by atoms with Crippen LogP contribution in [0.1, 0.15) is 4.88 Å². The lowest BCUT2D eigenvalue weighted by atomic mass is 10.1. The third kappa shape index (κ3) is 4.02. The SMILES string of the molecule is N#Cc1sc(NCCNc2nc(-c3ccc(Cl)cc3Cl)cn3ncnc23)nc1N. The summed E-state index contributed by atoms with van der Waals surface area (Å²) in [5.74, 6) is 0.788. The Hall–Kier alpha value is -3.13. The van der Waals surface area contributed by atoms with E-state index in [-0.39, 0.29) is 5.82 Å². The summed E-state index contributed by atoms with van der Waals surface area (Å²) in [7, 11) is 0. The van der Waals surface area contributed by atoms with Crippen LogP contribution in [-0.4, -0.2) is 37.7 Å². The first-order valence-electron chi connectivity index (χ1n) is 8.35. The normalized spacial score (nSPS) is 10.8. The highest BCUT2D eigenvalue weighted by atomic mass is 35.5. The van der Waals surface area contributed by atoms with Gasteiger partial charge in [0, 0.05) is 23.7 Å². The molecule has 0 saturated carbocycles. The second kappa shape index (κ2) is 8.08. The summed E-state index contributed by atoms with van der Waals surface area (Å²) >= 11 is 13.5. The number of nitriles is 1. The fourth-order valence-electron chi connectivity index (χ4n) is 2.61. The smallest absolute Gasteiger partial charge is 0.198 e. The summed E-state index contributed by atoms with van der Waals surface area (Å²) in [5, 5.41) is 21.1. The van der Waals surface area contributed by atoms with Crippen molar-refractivity contribution in [3.63, 3.8) is 0 Å². The summed E-state index contributed by atoms with van der Waals surface area (Å²) < 4.78 is 1.63. The van der Waals surface area contributed by atoms with Crippen molar-refractivity contribution in [1.29, 1.82) is 5.26 Å². The predicted octanol–water partition coefficient (Wildman–Crippen LogP) is 3.53. The standard InChI is InChI=1S/C17H13Cl2N9S/c18-9-1-2-10(11(19)5-9)12-7-28-16(24-8-25-28)15(26-12)22-3-4-23-17-27-14(21)13(6-20)29-17/h1-2,5,7-8H,3-4,21H2,(H,22,26)(H,23,27). The number of fused-ring (bicyclic) bond motifs is 1. The molecule has 0 saturated heterocycles. The molecule has 4 N–H and O–H groups in total. The maximum Gasteiger partial charge on any atom is 0.198 e. The van der Waals surface area contributed by atoms with Gasteiger partial charge in [0.25, 0.3) is 0 Å². The molecule has 0 fully saturated rings. The lowest BCUT2D eigenvalue weighted by Gasteiger charge is -2.10. The second-order valence-electron chi connectivity index (χ2n) is 5.83. The molecule has 0 aliphatic rings. The molecular formula is C17H13Cl2N9S. The fourth-order valence-corrected chi connectivity index (χ4v) is 3.83. The minimum absolute atomic E-state index is 0.229. The van der Waals surface area contributed by atoms with Gasteiger partial charge in [0.15, 0.2) is 22.4 Å². The van der Waals surface area contributed by atoms with Crippen LogP contribution < -0.4 is 16.4 Å². The zero-order valence-corrected chi connectivity index (χ0v) is 17.1. The molecule has 12 heteroatoms. The van der Waals surface area contributed by atoms with Gasteiger partial charge in [-0.15, -0.1) is 0 Å². The van der Waals surface area contributed by atoms with E-state index in [0.717, 1.165) is 5.56 Å². The minimum atomic E-state index is 0.229. The van der Waals surface area contributed by atoms with Crippen molar-refractivity contribution in [3.8, 4) is 17.3 Å². The number of anilines is 3. The number of hydrogen-bond donors (Lipinski definition) is 3. The van der Waals surface area contributed by atoms with Crippen molar-refractivity contribution in [3.05, 3.63) is 45.6 Å². The zero-order chi connectivity index (χ0) is 20.4. The van der Waals surface area contributed by atoms with Crippen LogP contribution in [0.3, 0.4) is 0 Å². The van der Waals surface area contributed by atoms with Crippen LogP contribution in [0, 0.1) is 11.3 Å². The number of benzene rings is 1. The predicted molar refractivity (Wildman–Crippen MR) is 114 cm³/mol. The lowest BCUT2D eigenvalue weighted by Crippen LogP contribution is -2.15. The molecule has 0 aliphatic carbocycles. The van der Waals surface area contributed by atoms with Crippen LogP contribution >= 0.6 is 34.5 Å². The largest absolute Gasteiger partial charge is 0.382 e. The van der Waals surface area contributed by atoms with E-state index in [1.54, 1.807) is 28.9 Å². The molecule has 1 aromatic carbocycles. The molecule has 0 spiro atoms. The van der Waals surface area contributed by atoms with Gasteiger partial charge in [0.1, 0.15) is 17.3 Å². The van der Waals surface area contributed by atoms with E-state index < -0.39 is 0 Å². The van der Waals surface area contributed by atoms with Crippen LogP contribution in [0.5, 0.6) is 0 Å². The van der Waals surface area contributed by atoms with Crippen molar-refractivity contribution >= 4 is 57.0 Å². The number of thiazole rings is 1. The topological polar surface area (TPSA) is 130 Å². The average Bonchev–Trinajstić information content (AvgIpc) is 3.31. The van der Waals surface area contributed by atoms with E-state index in [9.17, 15) is 0 Å². The summed E-state index contributed by atoms with van der Waals surface area (Å²) in [6.07, 6.45) is 3.21. The van der Waals surface area contributed by atoms with Crippen molar-refractivity contribution < 1.29 is 0 Å². The highest BCUT2D eigenvalue weighted by Crippen LogP contribution is 2.30. The molecular weight excluding hydrogens is 433 g/mol. The quantitative estimate of drug-likeness (QED) is 0.384. The van der Waals surface area contributed by atoms with Crippen LogP contribution in [0.25, 0.3) is 16.9 Å². The van der Waals surface area contributed by atoms with Crippen molar-refractivity contribution in [2.24, 2.45) is 0 Å². The van der Waals surface area contributed by atoms with Crippen LogP contribution in [0.15, 0.2) is 30.7 Å². The molecule has 0 aliphatic heterocycles. The van der Waals surface area contributed by atoms with Gasteiger partial charge in [0.2, 0.25) is 0 Å². The molecule has 0 atom stereocenters. The Morgan fingerprint density at radius 2 is 2.03 bits per heavy atom. The number of rotatable bonds is 6. The fraction of sp³-hybridized carbons (Fsp3) is 0.118. The molecule has 146 valence electrons. The molecule has 4 aromatic rings. The van der Waals surface area contributed by atoms with Crippen molar-refractivity contribution in [2.75, 3.05) is 29.5 Å². The molecule has 29 heavy (non-hydrogen) atoms. The Kier molecular flexibility index (Phi) is 5.35. The Labute approximate surface area is 179 Å². The summed E-state index contributed by atoms with van der Waals surface area (Å²) in [4.78, 5) is 13.4. The molecule has 3 heterocycles. The van der Waals surface area contributed by atoms with E-state index >= 15 is 0 Å². The Morgan fingerprint density at radius 1 is 1.21 bits per heavy atom. The van der Waals surface area contributed by atoms with Crippen LogP contribution in [0.4, 0.5) is 16.8 Å². The maximum absolute atomic E-state index is 8.95. The summed E-state index contributed by atoms with van der Waals surface area (Å²) in [6.45, 7) is 1.06. The average molecular weight is 446 g/mol. The van der Waals surface area contributed by atoms with Gasteiger partial charge in [-0.1, -0.05) is 34.5 Å².